The summed E-state index contributed by atoms with van der Waals surface area (Å²) in [6, 6.07) is 16.8. The highest BCUT2D eigenvalue weighted by molar-refractivity contribution is 5.69. The number of rotatable bonds is 7. The highest BCUT2D eigenvalue weighted by Gasteiger charge is 2.04. The zero-order valence-corrected chi connectivity index (χ0v) is 12.0. The third-order valence-electron chi connectivity index (χ3n) is 2.88. The molecular weight excluding hydrogens is 268 g/mol. The molecule has 0 fully saturated rings. The number of carbonyl (C=O) groups excluding carboxylic acids is 1. The first-order chi connectivity index (χ1) is 10.3. The fraction of sp³-hybridized carbons (Fsp3) is 0.235. The summed E-state index contributed by atoms with van der Waals surface area (Å²) in [6.07, 6.45) is 0.227. The largest absolute Gasteiger partial charge is 0.497 e. The van der Waals surface area contributed by atoms with Crippen LogP contribution in [0.3, 0.4) is 0 Å². The number of hydrogen-bond donors (Lipinski definition) is 0. The van der Waals surface area contributed by atoms with Gasteiger partial charge in [0.15, 0.2) is 0 Å². The predicted molar refractivity (Wildman–Crippen MR) is 79.3 cm³/mol. The van der Waals surface area contributed by atoms with E-state index in [1.807, 2.05) is 54.6 Å². The van der Waals surface area contributed by atoms with Crippen molar-refractivity contribution in [2.24, 2.45) is 0 Å². The summed E-state index contributed by atoms with van der Waals surface area (Å²) < 4.78 is 15.7. The van der Waals surface area contributed by atoms with E-state index in [-0.39, 0.29) is 19.0 Å². The van der Waals surface area contributed by atoms with Crippen molar-refractivity contribution in [2.75, 3.05) is 13.7 Å². The molecule has 0 amide bonds. The number of esters is 1. The summed E-state index contributed by atoms with van der Waals surface area (Å²) in [5.74, 6) is 1.25. The fourth-order valence-corrected chi connectivity index (χ4v) is 1.73. The normalized spacial score (nSPS) is 9.95. The van der Waals surface area contributed by atoms with Crippen LogP contribution in [0.4, 0.5) is 0 Å². The number of methoxy groups -OCH3 is 1. The Bertz CT molecular complexity index is 549. The molecule has 0 aliphatic carbocycles. The first kappa shape index (κ1) is 14.9. The van der Waals surface area contributed by atoms with Crippen LogP contribution in [-0.2, 0) is 16.1 Å². The van der Waals surface area contributed by atoms with Crippen molar-refractivity contribution in [1.82, 2.24) is 0 Å². The number of carbonyl (C=O) groups is 1. The minimum absolute atomic E-state index is 0.227. The molecule has 0 N–H and O–H groups in total. The summed E-state index contributed by atoms with van der Waals surface area (Å²) in [7, 11) is 1.61. The Morgan fingerprint density at radius 3 is 2.33 bits per heavy atom. The highest BCUT2D eigenvalue weighted by Crippen LogP contribution is 2.12. The van der Waals surface area contributed by atoms with Crippen molar-refractivity contribution >= 4 is 5.97 Å². The van der Waals surface area contributed by atoms with E-state index >= 15 is 0 Å². The second kappa shape index (κ2) is 7.94. The lowest BCUT2D eigenvalue weighted by Gasteiger charge is -2.07. The third kappa shape index (κ3) is 5.18. The van der Waals surface area contributed by atoms with Gasteiger partial charge in [0.1, 0.15) is 18.1 Å². The predicted octanol–water partition coefficient (Wildman–Crippen LogP) is 3.21. The smallest absolute Gasteiger partial charge is 0.309 e. The Balaban J connectivity index is 1.67. The van der Waals surface area contributed by atoms with Gasteiger partial charge in [0.05, 0.1) is 20.1 Å². The van der Waals surface area contributed by atoms with Crippen molar-refractivity contribution in [3.05, 3.63) is 60.2 Å². The lowest BCUT2D eigenvalue weighted by Crippen LogP contribution is -2.09. The molecule has 0 aliphatic rings. The zero-order chi connectivity index (χ0) is 14.9. The molecule has 0 atom stereocenters. The van der Waals surface area contributed by atoms with Crippen LogP contribution < -0.4 is 9.47 Å². The van der Waals surface area contributed by atoms with Crippen LogP contribution in [0, 0.1) is 0 Å². The van der Waals surface area contributed by atoms with Crippen LogP contribution in [-0.4, -0.2) is 19.7 Å². The van der Waals surface area contributed by atoms with Crippen LogP contribution in [0.5, 0.6) is 11.5 Å². The Hall–Kier alpha value is -2.49. The first-order valence-electron chi connectivity index (χ1n) is 6.74. The van der Waals surface area contributed by atoms with Crippen molar-refractivity contribution in [2.45, 2.75) is 13.0 Å². The van der Waals surface area contributed by atoms with E-state index in [2.05, 4.69) is 0 Å². The number of para-hydroxylation sites is 1. The standard InChI is InChI=1S/C17H18O4/c1-19-15-9-7-14(8-10-15)13-21-17(18)11-12-20-16-5-3-2-4-6-16/h2-10H,11-13H2,1H3. The Labute approximate surface area is 124 Å². The molecule has 2 aromatic rings. The average Bonchev–Trinajstić information content (AvgIpc) is 2.54. The van der Waals surface area contributed by atoms with Crippen molar-refractivity contribution in [1.29, 1.82) is 0 Å². The van der Waals surface area contributed by atoms with Gasteiger partial charge in [-0.15, -0.1) is 0 Å². The average molecular weight is 286 g/mol. The summed E-state index contributed by atoms with van der Waals surface area (Å²) in [5.41, 5.74) is 0.924. The maximum absolute atomic E-state index is 11.6. The maximum Gasteiger partial charge on any atom is 0.309 e. The molecule has 0 saturated carbocycles. The fourth-order valence-electron chi connectivity index (χ4n) is 1.73. The van der Waals surface area contributed by atoms with Crippen LogP contribution >= 0.6 is 0 Å². The first-order valence-corrected chi connectivity index (χ1v) is 6.74. The number of benzene rings is 2. The van der Waals surface area contributed by atoms with Gasteiger partial charge >= 0.3 is 5.97 Å². The van der Waals surface area contributed by atoms with Crippen LogP contribution in [0.1, 0.15) is 12.0 Å². The molecule has 0 heterocycles. The Morgan fingerprint density at radius 2 is 1.67 bits per heavy atom. The second-order valence-electron chi connectivity index (χ2n) is 4.42. The van der Waals surface area contributed by atoms with E-state index in [0.717, 1.165) is 17.1 Å². The van der Waals surface area contributed by atoms with Crippen molar-refractivity contribution in [3.63, 3.8) is 0 Å². The molecule has 0 bridgehead atoms. The van der Waals surface area contributed by atoms with E-state index in [1.54, 1.807) is 7.11 Å². The van der Waals surface area contributed by atoms with Gasteiger partial charge in [-0.3, -0.25) is 4.79 Å². The van der Waals surface area contributed by atoms with Gasteiger partial charge < -0.3 is 14.2 Å². The molecule has 2 rings (SSSR count). The molecule has 4 heteroatoms. The summed E-state index contributed by atoms with van der Waals surface area (Å²) in [6.45, 7) is 0.569. The third-order valence-corrected chi connectivity index (χ3v) is 2.88. The quantitative estimate of drug-likeness (QED) is 0.733. The molecule has 0 saturated heterocycles. The Kier molecular flexibility index (Phi) is 5.64. The molecule has 21 heavy (non-hydrogen) atoms. The number of ether oxygens (including phenoxy) is 3. The molecule has 4 nitrogen and oxygen atoms in total. The molecule has 0 aromatic heterocycles. The van der Waals surface area contributed by atoms with Crippen LogP contribution in [0.15, 0.2) is 54.6 Å². The summed E-state index contributed by atoms with van der Waals surface area (Å²) >= 11 is 0. The summed E-state index contributed by atoms with van der Waals surface area (Å²) in [5, 5.41) is 0. The monoisotopic (exact) mass is 286 g/mol. The van der Waals surface area contributed by atoms with E-state index in [4.69, 9.17) is 14.2 Å². The van der Waals surface area contributed by atoms with E-state index in [0.29, 0.717) is 6.61 Å². The Morgan fingerprint density at radius 1 is 0.952 bits per heavy atom. The molecule has 2 aromatic carbocycles. The number of hydrogen-bond acceptors (Lipinski definition) is 4. The maximum atomic E-state index is 11.6. The van der Waals surface area contributed by atoms with E-state index in [1.165, 1.54) is 0 Å². The second-order valence-corrected chi connectivity index (χ2v) is 4.42. The van der Waals surface area contributed by atoms with Crippen LogP contribution in [0.25, 0.3) is 0 Å². The molecule has 0 unspecified atom stereocenters. The van der Waals surface area contributed by atoms with Crippen molar-refractivity contribution in [3.8, 4) is 11.5 Å². The highest BCUT2D eigenvalue weighted by atomic mass is 16.5. The van der Waals surface area contributed by atoms with Gasteiger partial charge in [-0.25, -0.2) is 0 Å². The van der Waals surface area contributed by atoms with Gasteiger partial charge in [-0.05, 0) is 29.8 Å². The molecule has 0 spiro atoms. The lowest BCUT2D eigenvalue weighted by atomic mass is 10.2. The lowest BCUT2D eigenvalue weighted by molar-refractivity contribution is -0.145. The molecule has 0 radical (unpaired) electrons. The van der Waals surface area contributed by atoms with E-state index in [9.17, 15) is 4.79 Å². The van der Waals surface area contributed by atoms with Gasteiger partial charge in [0.25, 0.3) is 0 Å². The van der Waals surface area contributed by atoms with Crippen LogP contribution in [0.2, 0.25) is 0 Å². The molecule has 0 aliphatic heterocycles. The zero-order valence-electron chi connectivity index (χ0n) is 12.0. The van der Waals surface area contributed by atoms with Gasteiger partial charge in [0, 0.05) is 0 Å². The minimum atomic E-state index is -0.276. The summed E-state index contributed by atoms with van der Waals surface area (Å²) in [4.78, 5) is 11.6. The minimum Gasteiger partial charge on any atom is -0.497 e. The topological polar surface area (TPSA) is 44.8 Å². The van der Waals surface area contributed by atoms with Crippen molar-refractivity contribution < 1.29 is 19.0 Å². The molecule has 110 valence electrons. The van der Waals surface area contributed by atoms with Gasteiger partial charge in [-0.1, -0.05) is 30.3 Å². The van der Waals surface area contributed by atoms with Gasteiger partial charge in [-0.2, -0.15) is 0 Å². The van der Waals surface area contributed by atoms with E-state index < -0.39 is 0 Å². The SMILES string of the molecule is COc1ccc(COC(=O)CCOc2ccccc2)cc1. The molecular formula is C17H18O4. The van der Waals surface area contributed by atoms with Gasteiger partial charge in [0.2, 0.25) is 0 Å².